The number of nitrogens with zero attached hydrogens (tertiary/aromatic N) is 3. The molecule has 3 rings (SSSR count). The number of carboxylic acid groups (broad SMARTS) is 1. The Hall–Kier alpha value is -2.96. The van der Waals surface area contributed by atoms with Crippen molar-refractivity contribution in [3.05, 3.63) is 52.8 Å². The highest BCUT2D eigenvalue weighted by atomic mass is 16.4. The molecule has 1 aliphatic heterocycles. The Balaban J connectivity index is 1.59. The van der Waals surface area contributed by atoms with Crippen molar-refractivity contribution in [2.75, 3.05) is 18.4 Å². The quantitative estimate of drug-likeness (QED) is 0.876. The van der Waals surface area contributed by atoms with Crippen LogP contribution in [0, 0.1) is 13.8 Å². The summed E-state index contributed by atoms with van der Waals surface area (Å²) >= 11 is 0. The van der Waals surface area contributed by atoms with Crippen LogP contribution >= 0.6 is 0 Å². The Bertz CT molecular complexity index is 812. The van der Waals surface area contributed by atoms with Gasteiger partial charge in [-0.25, -0.2) is 14.8 Å². The third kappa shape index (κ3) is 4.17. The maximum Gasteiger partial charge on any atom is 0.354 e. The minimum absolute atomic E-state index is 0.0213. The van der Waals surface area contributed by atoms with Crippen molar-refractivity contribution in [1.29, 1.82) is 0 Å². The van der Waals surface area contributed by atoms with E-state index in [9.17, 15) is 9.59 Å². The van der Waals surface area contributed by atoms with Gasteiger partial charge in [-0.15, -0.1) is 0 Å². The van der Waals surface area contributed by atoms with Crippen LogP contribution in [0.5, 0.6) is 0 Å². The molecule has 1 aromatic heterocycles. The van der Waals surface area contributed by atoms with Crippen molar-refractivity contribution in [2.45, 2.75) is 32.7 Å². The van der Waals surface area contributed by atoms with Crippen molar-refractivity contribution in [2.24, 2.45) is 0 Å². The third-order valence-electron chi connectivity index (χ3n) is 4.49. The van der Waals surface area contributed by atoms with Gasteiger partial charge in [-0.3, -0.25) is 4.79 Å². The third-order valence-corrected chi connectivity index (χ3v) is 4.49. The number of carbonyl (C=O) groups excluding carboxylic acids is 1. The zero-order valence-electron chi connectivity index (χ0n) is 14.9. The second-order valence-electron chi connectivity index (χ2n) is 6.60. The standard InChI is InChI=1S/C19H22N4O3/c1-12-3-5-14(6-4-12)17(24)23-9-7-15(8-10-23)21-19-20-13(2)11-16(22-19)18(25)26/h3-6,11,15H,7-10H2,1-2H3,(H,25,26)(H,20,21,22). The molecule has 7 nitrogen and oxygen atoms in total. The van der Waals surface area contributed by atoms with E-state index in [0.29, 0.717) is 30.3 Å². The number of amides is 1. The molecule has 0 bridgehead atoms. The van der Waals surface area contributed by atoms with Crippen molar-refractivity contribution >= 4 is 17.8 Å². The Morgan fingerprint density at radius 2 is 1.77 bits per heavy atom. The normalized spacial score (nSPS) is 14.9. The minimum Gasteiger partial charge on any atom is -0.477 e. The molecule has 1 saturated heterocycles. The van der Waals surface area contributed by atoms with E-state index in [4.69, 9.17) is 5.11 Å². The first kappa shape index (κ1) is 17.8. The maximum absolute atomic E-state index is 12.6. The summed E-state index contributed by atoms with van der Waals surface area (Å²) in [5.74, 6) is -0.703. The van der Waals surface area contributed by atoms with Gasteiger partial charge in [0.15, 0.2) is 5.69 Å². The Morgan fingerprint density at radius 1 is 1.12 bits per heavy atom. The molecule has 7 heteroatoms. The summed E-state index contributed by atoms with van der Waals surface area (Å²) in [6, 6.07) is 9.15. The van der Waals surface area contributed by atoms with Gasteiger partial charge in [-0.05, 0) is 44.9 Å². The first-order valence-electron chi connectivity index (χ1n) is 8.64. The molecule has 0 spiro atoms. The second kappa shape index (κ2) is 7.51. The number of nitrogens with one attached hydrogen (secondary N) is 1. The molecule has 1 amide bonds. The Morgan fingerprint density at radius 3 is 2.38 bits per heavy atom. The number of anilines is 1. The lowest BCUT2D eigenvalue weighted by atomic mass is 10.0. The number of carbonyl (C=O) groups is 2. The number of aryl methyl sites for hydroxylation is 2. The average Bonchev–Trinajstić information content (AvgIpc) is 2.62. The van der Waals surface area contributed by atoms with Crippen LogP contribution in [0.3, 0.4) is 0 Å². The molecule has 136 valence electrons. The van der Waals surface area contributed by atoms with E-state index in [1.54, 1.807) is 6.92 Å². The summed E-state index contributed by atoms with van der Waals surface area (Å²) in [5.41, 5.74) is 2.41. The first-order chi connectivity index (χ1) is 12.4. The van der Waals surface area contributed by atoms with Gasteiger partial charge >= 0.3 is 5.97 Å². The van der Waals surface area contributed by atoms with E-state index < -0.39 is 5.97 Å². The molecular weight excluding hydrogens is 332 g/mol. The largest absolute Gasteiger partial charge is 0.477 e. The fourth-order valence-electron chi connectivity index (χ4n) is 3.03. The lowest BCUT2D eigenvalue weighted by Gasteiger charge is -2.32. The van der Waals surface area contributed by atoms with Crippen molar-refractivity contribution < 1.29 is 14.7 Å². The first-order valence-corrected chi connectivity index (χ1v) is 8.64. The average molecular weight is 354 g/mol. The van der Waals surface area contributed by atoms with Crippen LogP contribution in [0.15, 0.2) is 30.3 Å². The zero-order valence-corrected chi connectivity index (χ0v) is 14.9. The van der Waals surface area contributed by atoms with Crippen LogP contribution < -0.4 is 5.32 Å². The fourth-order valence-corrected chi connectivity index (χ4v) is 3.03. The number of hydrogen-bond acceptors (Lipinski definition) is 5. The Kier molecular flexibility index (Phi) is 5.16. The molecule has 0 saturated carbocycles. The van der Waals surface area contributed by atoms with Crippen LogP contribution in [-0.2, 0) is 0 Å². The highest BCUT2D eigenvalue weighted by molar-refractivity contribution is 5.94. The molecule has 0 aliphatic carbocycles. The molecule has 2 N–H and O–H groups in total. The molecule has 26 heavy (non-hydrogen) atoms. The van der Waals surface area contributed by atoms with E-state index in [-0.39, 0.29) is 17.6 Å². The van der Waals surface area contributed by atoms with Gasteiger partial charge in [0.05, 0.1) is 0 Å². The minimum atomic E-state index is -1.07. The molecular formula is C19H22N4O3. The van der Waals surface area contributed by atoms with Gasteiger partial charge in [0.25, 0.3) is 5.91 Å². The highest BCUT2D eigenvalue weighted by Crippen LogP contribution is 2.17. The summed E-state index contributed by atoms with van der Waals surface area (Å²) < 4.78 is 0. The van der Waals surface area contributed by atoms with Crippen LogP contribution in [-0.4, -0.2) is 51.0 Å². The van der Waals surface area contributed by atoms with Gasteiger partial charge in [0.1, 0.15) is 0 Å². The number of carboxylic acids is 1. The van der Waals surface area contributed by atoms with Gasteiger partial charge in [0, 0.05) is 30.4 Å². The van der Waals surface area contributed by atoms with Crippen LogP contribution in [0.1, 0.15) is 44.9 Å². The lowest BCUT2D eigenvalue weighted by molar-refractivity contribution is 0.0686. The number of benzene rings is 1. The summed E-state index contributed by atoms with van der Waals surface area (Å²) in [6.07, 6.45) is 1.52. The molecule has 2 aromatic rings. The Labute approximate surface area is 152 Å². The van der Waals surface area contributed by atoms with Gasteiger partial charge in [-0.2, -0.15) is 0 Å². The topological polar surface area (TPSA) is 95.4 Å². The molecule has 1 aromatic carbocycles. The van der Waals surface area contributed by atoms with E-state index in [1.807, 2.05) is 36.1 Å². The van der Waals surface area contributed by atoms with Gasteiger partial charge in [-0.1, -0.05) is 17.7 Å². The predicted molar refractivity (Wildman–Crippen MR) is 97.5 cm³/mol. The molecule has 0 radical (unpaired) electrons. The summed E-state index contributed by atoms with van der Waals surface area (Å²) in [6.45, 7) is 5.01. The van der Waals surface area contributed by atoms with E-state index in [1.165, 1.54) is 6.07 Å². The van der Waals surface area contributed by atoms with Crippen molar-refractivity contribution in [3.63, 3.8) is 0 Å². The molecule has 1 aliphatic rings. The molecule has 0 unspecified atom stereocenters. The van der Waals surface area contributed by atoms with Crippen LogP contribution in [0.4, 0.5) is 5.95 Å². The monoisotopic (exact) mass is 354 g/mol. The SMILES string of the molecule is Cc1ccc(C(=O)N2CCC(Nc3nc(C)cc(C(=O)O)n3)CC2)cc1. The van der Waals surface area contributed by atoms with Gasteiger partial charge in [0.2, 0.25) is 5.95 Å². The predicted octanol–water partition coefficient (Wildman–Crippen LogP) is 2.51. The number of aromatic carboxylic acids is 1. The summed E-state index contributed by atoms with van der Waals surface area (Å²) in [7, 11) is 0. The van der Waals surface area contributed by atoms with E-state index in [2.05, 4.69) is 15.3 Å². The van der Waals surface area contributed by atoms with Crippen molar-refractivity contribution in [1.82, 2.24) is 14.9 Å². The molecule has 1 fully saturated rings. The number of likely N-dealkylation sites (tertiary alicyclic amines) is 1. The van der Waals surface area contributed by atoms with Crippen molar-refractivity contribution in [3.8, 4) is 0 Å². The molecule has 2 heterocycles. The smallest absolute Gasteiger partial charge is 0.354 e. The summed E-state index contributed by atoms with van der Waals surface area (Å²) in [5, 5.41) is 12.3. The summed E-state index contributed by atoms with van der Waals surface area (Å²) in [4.78, 5) is 33.8. The highest BCUT2D eigenvalue weighted by Gasteiger charge is 2.24. The van der Waals surface area contributed by atoms with Gasteiger partial charge < -0.3 is 15.3 Å². The fraction of sp³-hybridized carbons (Fsp3) is 0.368. The number of rotatable bonds is 4. The maximum atomic E-state index is 12.6. The van der Waals surface area contributed by atoms with E-state index >= 15 is 0 Å². The van der Waals surface area contributed by atoms with E-state index in [0.717, 1.165) is 18.4 Å². The van der Waals surface area contributed by atoms with Crippen LogP contribution in [0.25, 0.3) is 0 Å². The number of piperidine rings is 1. The molecule has 0 atom stereocenters. The number of aromatic nitrogens is 2. The zero-order chi connectivity index (χ0) is 18.7. The number of hydrogen-bond donors (Lipinski definition) is 2. The lowest BCUT2D eigenvalue weighted by Crippen LogP contribution is -2.42. The second-order valence-corrected chi connectivity index (χ2v) is 6.60. The van der Waals surface area contributed by atoms with Crippen LogP contribution in [0.2, 0.25) is 0 Å².